The van der Waals surface area contributed by atoms with Crippen LogP contribution in [0.25, 0.3) is 16.0 Å². The molecule has 0 aliphatic heterocycles. The summed E-state index contributed by atoms with van der Waals surface area (Å²) >= 11 is 0. The smallest absolute Gasteiger partial charge is 0.250 e. The number of ether oxygens (including phenoxy) is 3. The highest BCUT2D eigenvalue weighted by Crippen LogP contribution is 2.42. The first kappa shape index (κ1) is 40.1. The highest BCUT2D eigenvalue weighted by Gasteiger charge is 2.42. The second-order valence-corrected chi connectivity index (χ2v) is 25.1. The van der Waals surface area contributed by atoms with Gasteiger partial charge in [0.1, 0.15) is 11.5 Å². The monoisotopic (exact) mass is 703 g/mol. The Labute approximate surface area is 296 Å². The zero-order valence-electron chi connectivity index (χ0n) is 31.4. The van der Waals surface area contributed by atoms with E-state index in [1.54, 1.807) is 7.11 Å². The van der Waals surface area contributed by atoms with Crippen molar-refractivity contribution in [2.45, 2.75) is 109 Å². The number of azide groups is 1. The van der Waals surface area contributed by atoms with Crippen LogP contribution >= 0.6 is 0 Å². The van der Waals surface area contributed by atoms with Gasteiger partial charge >= 0.3 is 0 Å². The first-order valence-corrected chi connectivity index (χ1v) is 22.8. The van der Waals surface area contributed by atoms with Crippen molar-refractivity contribution in [1.82, 2.24) is 0 Å². The molecule has 0 spiro atoms. The number of benzene rings is 3. The maximum absolute atomic E-state index is 10.0. The molecule has 0 bridgehead atoms. The minimum Gasteiger partial charge on any atom is -0.543 e. The zero-order chi connectivity index (χ0) is 36.5. The lowest BCUT2D eigenvalue weighted by molar-refractivity contribution is -0.0455. The third kappa shape index (κ3) is 11.1. The van der Waals surface area contributed by atoms with Crippen molar-refractivity contribution in [3.05, 3.63) is 113 Å². The normalized spacial score (nSPS) is 14.3. The molecule has 3 aromatic rings. The molecular formula is C39H57N3O5Si2. The van der Waals surface area contributed by atoms with Crippen LogP contribution in [0.5, 0.6) is 11.5 Å². The molecule has 49 heavy (non-hydrogen) atoms. The summed E-state index contributed by atoms with van der Waals surface area (Å²) in [6, 6.07) is 24.8. The maximum Gasteiger partial charge on any atom is 0.250 e. The predicted octanol–water partition coefficient (Wildman–Crippen LogP) is 11.0. The van der Waals surface area contributed by atoms with Gasteiger partial charge in [-0.1, -0.05) is 114 Å². The van der Waals surface area contributed by atoms with Gasteiger partial charge in [-0.15, -0.1) is 0 Å². The molecule has 266 valence electrons. The van der Waals surface area contributed by atoms with Crippen LogP contribution in [0, 0.1) is 0 Å². The summed E-state index contributed by atoms with van der Waals surface area (Å²) in [5.41, 5.74) is 13.3. The Morgan fingerprint density at radius 2 is 1.33 bits per heavy atom. The minimum absolute atomic E-state index is 0.0334. The van der Waals surface area contributed by atoms with Crippen LogP contribution in [0.2, 0.25) is 36.3 Å². The standard InChI is InChI=1S/C39H57N3O5Si2/c1-29(33-25-32(43-8)23-24-34(33)47-49(11,12)39(5,6)7)37(45-27-31-21-17-14-18-22-31)36(41-42-40)35(28-46-48(9,10)38(2,3)4)44-26-30-19-15-13-16-20-30/h13-25,35-37H,1,26-28H2,2-12H3/t35-,36+,37+/m1/s1. The third-order valence-electron chi connectivity index (χ3n) is 9.92. The minimum atomic E-state index is -2.27. The Bertz CT molecular complexity index is 1550. The van der Waals surface area contributed by atoms with Crippen LogP contribution in [0.1, 0.15) is 58.2 Å². The summed E-state index contributed by atoms with van der Waals surface area (Å²) in [5, 5.41) is 4.31. The quantitative estimate of drug-likeness (QED) is 0.0603. The Balaban J connectivity index is 2.16. The second kappa shape index (κ2) is 17.0. The van der Waals surface area contributed by atoms with Gasteiger partial charge in [0.05, 0.1) is 45.2 Å². The lowest BCUT2D eigenvalue weighted by Crippen LogP contribution is -2.47. The molecule has 0 N–H and O–H groups in total. The summed E-state index contributed by atoms with van der Waals surface area (Å²) < 4.78 is 32.7. The molecule has 0 amide bonds. The van der Waals surface area contributed by atoms with Crippen molar-refractivity contribution in [1.29, 1.82) is 0 Å². The fourth-order valence-corrected chi connectivity index (χ4v) is 6.69. The molecule has 0 saturated heterocycles. The summed E-state index contributed by atoms with van der Waals surface area (Å²) in [6.45, 7) is 27.4. The number of hydrogen-bond donors (Lipinski definition) is 0. The lowest BCUT2D eigenvalue weighted by Gasteiger charge is -2.39. The van der Waals surface area contributed by atoms with Crippen LogP contribution in [-0.4, -0.2) is 48.6 Å². The van der Waals surface area contributed by atoms with Gasteiger partial charge < -0.3 is 23.1 Å². The number of rotatable bonds is 17. The highest BCUT2D eigenvalue weighted by atomic mass is 28.4. The first-order chi connectivity index (χ1) is 22.9. The lowest BCUT2D eigenvalue weighted by atomic mass is 9.93. The van der Waals surface area contributed by atoms with Crippen molar-refractivity contribution in [2.75, 3.05) is 13.7 Å². The van der Waals surface area contributed by atoms with E-state index in [0.717, 1.165) is 16.7 Å². The molecular weight excluding hydrogens is 647 g/mol. The van der Waals surface area contributed by atoms with Crippen molar-refractivity contribution >= 4 is 22.2 Å². The average molecular weight is 704 g/mol. The molecule has 10 heteroatoms. The predicted molar refractivity (Wildman–Crippen MR) is 206 cm³/mol. The summed E-state index contributed by atoms with van der Waals surface area (Å²) in [5.74, 6) is 1.34. The van der Waals surface area contributed by atoms with Gasteiger partial charge in [-0.3, -0.25) is 0 Å². The van der Waals surface area contributed by atoms with E-state index in [0.29, 0.717) is 23.7 Å². The Kier molecular flexibility index (Phi) is 13.9. The molecule has 8 nitrogen and oxygen atoms in total. The summed E-state index contributed by atoms with van der Waals surface area (Å²) in [4.78, 5) is 3.34. The van der Waals surface area contributed by atoms with E-state index in [2.05, 4.69) is 84.3 Å². The molecule has 0 heterocycles. The SMILES string of the molecule is C=C(c1cc(OC)ccc1O[Si](C)(C)C(C)(C)C)[C@H](OCc1ccccc1)[C@@H](N=[N+]=[N-])[C@@H](CO[Si](C)(C)C(C)(C)C)OCc1ccccc1. The van der Waals surface area contributed by atoms with Crippen molar-refractivity contribution in [3.63, 3.8) is 0 Å². The Morgan fingerprint density at radius 1 is 0.796 bits per heavy atom. The van der Waals surface area contributed by atoms with E-state index < -0.39 is 34.9 Å². The van der Waals surface area contributed by atoms with Gasteiger partial charge in [0.2, 0.25) is 0 Å². The third-order valence-corrected chi connectivity index (χ3v) is 18.8. The van der Waals surface area contributed by atoms with E-state index in [1.807, 2.05) is 78.9 Å². The van der Waals surface area contributed by atoms with Crippen molar-refractivity contribution in [2.24, 2.45) is 5.11 Å². The van der Waals surface area contributed by atoms with Crippen LogP contribution in [0.4, 0.5) is 0 Å². The zero-order valence-corrected chi connectivity index (χ0v) is 33.4. The van der Waals surface area contributed by atoms with Crippen LogP contribution < -0.4 is 9.16 Å². The van der Waals surface area contributed by atoms with E-state index >= 15 is 0 Å². The van der Waals surface area contributed by atoms with Crippen molar-refractivity contribution in [3.8, 4) is 11.5 Å². The molecule has 3 atom stereocenters. The molecule has 3 rings (SSSR count). The van der Waals surface area contributed by atoms with E-state index in [1.165, 1.54) is 0 Å². The molecule has 0 unspecified atom stereocenters. The Morgan fingerprint density at radius 3 is 1.82 bits per heavy atom. The largest absolute Gasteiger partial charge is 0.543 e. The van der Waals surface area contributed by atoms with Gasteiger partial charge in [0.25, 0.3) is 8.32 Å². The van der Waals surface area contributed by atoms with Gasteiger partial charge in [0, 0.05) is 10.5 Å². The molecule has 0 aromatic heterocycles. The number of hydrogen-bond acceptors (Lipinski definition) is 6. The first-order valence-electron chi connectivity index (χ1n) is 17.0. The second-order valence-electron chi connectivity index (χ2n) is 15.6. The number of methoxy groups -OCH3 is 1. The summed E-state index contributed by atoms with van der Waals surface area (Å²) in [6.07, 6.45) is -1.45. The number of nitrogens with zero attached hydrogens (tertiary/aromatic N) is 3. The highest BCUT2D eigenvalue weighted by molar-refractivity contribution is 6.75. The molecule has 3 aromatic carbocycles. The average Bonchev–Trinajstić information content (AvgIpc) is 3.04. The van der Waals surface area contributed by atoms with Gasteiger partial charge in [-0.25, -0.2) is 0 Å². The van der Waals surface area contributed by atoms with Gasteiger partial charge in [-0.2, -0.15) is 0 Å². The van der Waals surface area contributed by atoms with Crippen molar-refractivity contribution < 1.29 is 23.1 Å². The molecule has 0 aliphatic carbocycles. The molecule has 0 fully saturated rings. The maximum atomic E-state index is 10.0. The van der Waals surface area contributed by atoms with E-state index in [-0.39, 0.29) is 23.3 Å². The molecule has 0 aliphatic rings. The fraction of sp³-hybridized carbons (Fsp3) is 0.487. The van der Waals surface area contributed by atoms with Gasteiger partial charge in [-0.05, 0) is 76.7 Å². The summed E-state index contributed by atoms with van der Waals surface area (Å²) in [7, 11) is -2.85. The fourth-order valence-electron chi connectivity index (χ4n) is 4.64. The molecule has 0 saturated carbocycles. The van der Waals surface area contributed by atoms with E-state index in [9.17, 15) is 5.53 Å². The van der Waals surface area contributed by atoms with Gasteiger partial charge in [0.15, 0.2) is 8.32 Å². The van der Waals surface area contributed by atoms with Crippen LogP contribution in [-0.2, 0) is 27.1 Å². The Hall–Kier alpha value is -3.38. The van der Waals surface area contributed by atoms with Crippen LogP contribution in [0.15, 0.2) is 90.6 Å². The van der Waals surface area contributed by atoms with E-state index in [4.69, 9.17) is 23.1 Å². The van der Waals surface area contributed by atoms with Crippen LogP contribution in [0.3, 0.4) is 0 Å². The topological polar surface area (TPSA) is 94.9 Å². The molecule has 0 radical (unpaired) electrons.